The standard InChI is InChI=1S/C18H19N3O2/c22-15-8-2-1-7-14(15)17-18(19-12-13-6-5-11-23-13)21-10-4-3-9-16(21)20-17/h1-4,7-10,13,19,22H,5-6,11-12H2/t13-/m0/s1. The predicted molar refractivity (Wildman–Crippen MR) is 89.8 cm³/mol. The summed E-state index contributed by atoms with van der Waals surface area (Å²) in [5.74, 6) is 1.12. The minimum absolute atomic E-state index is 0.232. The lowest BCUT2D eigenvalue weighted by molar-refractivity contribution is 0.120. The van der Waals surface area contributed by atoms with Crippen LogP contribution in [0.4, 0.5) is 5.82 Å². The smallest absolute Gasteiger partial charge is 0.139 e. The Balaban J connectivity index is 1.76. The molecule has 118 valence electrons. The van der Waals surface area contributed by atoms with E-state index in [0.29, 0.717) is 0 Å². The number of nitrogens with zero attached hydrogens (tertiary/aromatic N) is 2. The summed E-state index contributed by atoms with van der Waals surface area (Å²) >= 11 is 0. The van der Waals surface area contributed by atoms with E-state index in [1.165, 1.54) is 0 Å². The van der Waals surface area contributed by atoms with E-state index in [9.17, 15) is 5.11 Å². The number of rotatable bonds is 4. The van der Waals surface area contributed by atoms with E-state index in [0.717, 1.165) is 48.7 Å². The molecule has 0 saturated carbocycles. The number of anilines is 1. The first kappa shape index (κ1) is 14.1. The molecule has 5 nitrogen and oxygen atoms in total. The second-order valence-electron chi connectivity index (χ2n) is 5.77. The lowest BCUT2D eigenvalue weighted by Crippen LogP contribution is -2.19. The van der Waals surface area contributed by atoms with Crippen molar-refractivity contribution in [2.24, 2.45) is 0 Å². The second kappa shape index (κ2) is 5.93. The molecule has 1 aromatic carbocycles. The van der Waals surface area contributed by atoms with Gasteiger partial charge in [0.05, 0.1) is 6.10 Å². The number of fused-ring (bicyclic) bond motifs is 1. The van der Waals surface area contributed by atoms with Gasteiger partial charge in [-0.05, 0) is 37.1 Å². The number of ether oxygens (including phenoxy) is 1. The van der Waals surface area contributed by atoms with E-state index in [1.807, 2.05) is 47.0 Å². The fourth-order valence-electron chi connectivity index (χ4n) is 3.04. The Kier molecular flexibility index (Phi) is 3.63. The molecule has 0 unspecified atom stereocenters. The van der Waals surface area contributed by atoms with Crippen LogP contribution < -0.4 is 5.32 Å². The van der Waals surface area contributed by atoms with Gasteiger partial charge in [0.1, 0.15) is 22.9 Å². The zero-order chi connectivity index (χ0) is 15.6. The third kappa shape index (κ3) is 2.64. The van der Waals surface area contributed by atoms with Crippen LogP contribution in [-0.2, 0) is 4.74 Å². The Labute approximate surface area is 134 Å². The Bertz CT molecular complexity index is 822. The van der Waals surface area contributed by atoms with E-state index in [4.69, 9.17) is 4.74 Å². The van der Waals surface area contributed by atoms with Crippen molar-refractivity contribution in [3.05, 3.63) is 48.7 Å². The van der Waals surface area contributed by atoms with Crippen molar-refractivity contribution in [3.63, 3.8) is 0 Å². The van der Waals surface area contributed by atoms with Crippen molar-refractivity contribution in [2.75, 3.05) is 18.5 Å². The number of benzene rings is 1. The van der Waals surface area contributed by atoms with Crippen LogP contribution in [0.2, 0.25) is 0 Å². The number of pyridine rings is 1. The summed E-state index contributed by atoms with van der Waals surface area (Å²) in [6.45, 7) is 1.58. The molecule has 0 radical (unpaired) electrons. The highest BCUT2D eigenvalue weighted by atomic mass is 16.5. The fraction of sp³-hybridized carbons (Fsp3) is 0.278. The molecular weight excluding hydrogens is 290 g/mol. The van der Waals surface area contributed by atoms with Crippen LogP contribution in [0.15, 0.2) is 48.7 Å². The van der Waals surface area contributed by atoms with Crippen molar-refractivity contribution in [2.45, 2.75) is 18.9 Å². The zero-order valence-electron chi connectivity index (χ0n) is 12.8. The first-order valence-electron chi connectivity index (χ1n) is 7.94. The minimum Gasteiger partial charge on any atom is -0.507 e. The summed E-state index contributed by atoms with van der Waals surface area (Å²) in [6, 6.07) is 13.2. The second-order valence-corrected chi connectivity index (χ2v) is 5.77. The molecule has 2 aromatic heterocycles. The number of para-hydroxylation sites is 1. The van der Waals surface area contributed by atoms with Gasteiger partial charge >= 0.3 is 0 Å². The van der Waals surface area contributed by atoms with Gasteiger partial charge in [-0.25, -0.2) is 4.98 Å². The normalized spacial score (nSPS) is 17.7. The van der Waals surface area contributed by atoms with E-state index in [2.05, 4.69) is 10.3 Å². The number of nitrogens with one attached hydrogen (secondary N) is 1. The molecule has 1 fully saturated rings. The molecule has 1 saturated heterocycles. The third-order valence-electron chi connectivity index (χ3n) is 4.21. The molecule has 5 heteroatoms. The van der Waals surface area contributed by atoms with Gasteiger partial charge in [0, 0.05) is 24.9 Å². The quantitative estimate of drug-likeness (QED) is 0.776. The van der Waals surface area contributed by atoms with Gasteiger partial charge < -0.3 is 15.2 Å². The molecular formula is C18H19N3O2. The molecule has 1 aliphatic rings. The molecule has 1 aliphatic heterocycles. The average Bonchev–Trinajstić information content (AvgIpc) is 3.21. The van der Waals surface area contributed by atoms with Crippen LogP contribution in [0, 0.1) is 0 Å². The molecule has 23 heavy (non-hydrogen) atoms. The highest BCUT2D eigenvalue weighted by Gasteiger charge is 2.19. The number of hydrogen-bond acceptors (Lipinski definition) is 4. The van der Waals surface area contributed by atoms with Crippen molar-refractivity contribution < 1.29 is 9.84 Å². The SMILES string of the molecule is Oc1ccccc1-c1nc2ccccn2c1NC[C@@H]1CCCO1. The summed E-state index contributed by atoms with van der Waals surface area (Å²) in [5, 5.41) is 13.7. The summed E-state index contributed by atoms with van der Waals surface area (Å²) in [6.07, 6.45) is 4.41. The Hall–Kier alpha value is -2.53. The number of phenols is 1. The topological polar surface area (TPSA) is 58.8 Å². The maximum atomic E-state index is 10.2. The Morgan fingerprint density at radius 2 is 2.09 bits per heavy atom. The van der Waals surface area contributed by atoms with E-state index in [1.54, 1.807) is 6.07 Å². The lowest BCUT2D eigenvalue weighted by atomic mass is 10.1. The van der Waals surface area contributed by atoms with Crippen molar-refractivity contribution >= 4 is 11.5 Å². The molecule has 0 spiro atoms. The number of aromatic nitrogens is 2. The van der Waals surface area contributed by atoms with Crippen molar-refractivity contribution in [1.82, 2.24) is 9.38 Å². The minimum atomic E-state index is 0.232. The van der Waals surface area contributed by atoms with Crippen molar-refractivity contribution in [3.8, 4) is 17.0 Å². The molecule has 1 atom stereocenters. The van der Waals surface area contributed by atoms with Gasteiger partial charge in [0.2, 0.25) is 0 Å². The van der Waals surface area contributed by atoms with Crippen LogP contribution >= 0.6 is 0 Å². The highest BCUT2D eigenvalue weighted by molar-refractivity contribution is 5.80. The summed E-state index contributed by atoms with van der Waals surface area (Å²) in [5.41, 5.74) is 2.33. The van der Waals surface area contributed by atoms with E-state index in [-0.39, 0.29) is 11.9 Å². The summed E-state index contributed by atoms with van der Waals surface area (Å²) in [4.78, 5) is 4.69. The molecule has 4 rings (SSSR count). The average molecular weight is 309 g/mol. The van der Waals surface area contributed by atoms with Crippen LogP contribution in [0.5, 0.6) is 5.75 Å². The lowest BCUT2D eigenvalue weighted by Gasteiger charge is -2.13. The number of aromatic hydroxyl groups is 1. The monoisotopic (exact) mass is 309 g/mol. The van der Waals surface area contributed by atoms with Gasteiger partial charge in [-0.1, -0.05) is 18.2 Å². The largest absolute Gasteiger partial charge is 0.507 e. The van der Waals surface area contributed by atoms with Crippen LogP contribution in [0.25, 0.3) is 16.9 Å². The fourth-order valence-corrected chi connectivity index (χ4v) is 3.04. The maximum absolute atomic E-state index is 10.2. The van der Waals surface area contributed by atoms with E-state index < -0.39 is 0 Å². The highest BCUT2D eigenvalue weighted by Crippen LogP contribution is 2.34. The zero-order valence-corrected chi connectivity index (χ0v) is 12.8. The molecule has 3 heterocycles. The number of hydrogen-bond donors (Lipinski definition) is 2. The van der Waals surface area contributed by atoms with Gasteiger partial charge in [0.25, 0.3) is 0 Å². The molecule has 3 aromatic rings. The predicted octanol–water partition coefficient (Wildman–Crippen LogP) is 3.30. The van der Waals surface area contributed by atoms with Crippen LogP contribution in [0.3, 0.4) is 0 Å². The molecule has 2 N–H and O–H groups in total. The van der Waals surface area contributed by atoms with Crippen molar-refractivity contribution in [1.29, 1.82) is 0 Å². The Morgan fingerprint density at radius 3 is 2.91 bits per heavy atom. The molecule has 0 bridgehead atoms. The first-order chi connectivity index (χ1) is 11.3. The summed E-state index contributed by atoms with van der Waals surface area (Å²) < 4.78 is 7.70. The molecule has 0 aliphatic carbocycles. The van der Waals surface area contributed by atoms with Crippen LogP contribution in [-0.4, -0.2) is 33.7 Å². The van der Waals surface area contributed by atoms with Gasteiger partial charge in [-0.2, -0.15) is 0 Å². The summed E-state index contributed by atoms with van der Waals surface area (Å²) in [7, 11) is 0. The number of imidazole rings is 1. The Morgan fingerprint density at radius 1 is 1.22 bits per heavy atom. The van der Waals surface area contributed by atoms with Gasteiger partial charge in [-0.3, -0.25) is 4.40 Å². The third-order valence-corrected chi connectivity index (χ3v) is 4.21. The number of phenolic OH excluding ortho intramolecular Hbond substituents is 1. The van der Waals surface area contributed by atoms with Crippen LogP contribution in [0.1, 0.15) is 12.8 Å². The first-order valence-corrected chi connectivity index (χ1v) is 7.94. The molecule has 0 amide bonds. The van der Waals surface area contributed by atoms with E-state index >= 15 is 0 Å². The van der Waals surface area contributed by atoms with Gasteiger partial charge in [0.15, 0.2) is 0 Å². The maximum Gasteiger partial charge on any atom is 0.139 e. The van der Waals surface area contributed by atoms with Gasteiger partial charge in [-0.15, -0.1) is 0 Å².